The van der Waals surface area contributed by atoms with E-state index in [-0.39, 0.29) is 114 Å². The lowest BCUT2D eigenvalue weighted by Gasteiger charge is -2.17. The fraction of sp³-hybridized carbons (Fsp3) is 0.800. The highest BCUT2D eigenvalue weighted by Crippen LogP contribution is 2.17. The van der Waals surface area contributed by atoms with Gasteiger partial charge in [-0.05, 0) is 38.5 Å². The van der Waals surface area contributed by atoms with Crippen molar-refractivity contribution < 1.29 is 87.3 Å². The van der Waals surface area contributed by atoms with E-state index in [0.717, 1.165) is 57.8 Å². The second kappa shape index (κ2) is 43.9. The van der Waals surface area contributed by atoms with E-state index >= 15 is 0 Å². The van der Waals surface area contributed by atoms with Crippen LogP contribution in [0.3, 0.4) is 0 Å². The molecule has 408 valence electrons. The Morgan fingerprint density at radius 1 is 0.408 bits per heavy atom. The third-order valence-corrected chi connectivity index (χ3v) is 11.4. The van der Waals surface area contributed by atoms with Crippen LogP contribution in [0.1, 0.15) is 174 Å². The van der Waals surface area contributed by atoms with Crippen molar-refractivity contribution >= 4 is 58.9 Å². The Morgan fingerprint density at radius 2 is 0.831 bits per heavy atom. The van der Waals surface area contributed by atoms with Gasteiger partial charge in [-0.1, -0.05) is 90.9 Å². The molecular formula is C50H85N3O18. The van der Waals surface area contributed by atoms with Crippen LogP contribution in [-0.2, 0) is 66.9 Å². The summed E-state index contributed by atoms with van der Waals surface area (Å²) < 4.78 is 21.3. The first-order valence-corrected chi connectivity index (χ1v) is 25.6. The summed E-state index contributed by atoms with van der Waals surface area (Å²) in [7, 11) is 0. The van der Waals surface area contributed by atoms with Gasteiger partial charge in [0, 0.05) is 64.0 Å². The van der Waals surface area contributed by atoms with Crippen LogP contribution in [-0.4, -0.2) is 151 Å². The summed E-state index contributed by atoms with van der Waals surface area (Å²) in [6, 6.07) is -3.00. The van der Waals surface area contributed by atoms with Gasteiger partial charge in [0.05, 0.1) is 39.0 Å². The fourth-order valence-electron chi connectivity index (χ4n) is 7.07. The molecule has 0 aliphatic heterocycles. The SMILES string of the molecule is CC(C)C(=O)COCCOCCCC(=O)COCCOCCNC(=O)CC[C@H](NC(=O)CC[C@H](NC(=O)CC[C@H](CC(=O)CCCCCCCCCCCCCCCCC(=O)O)C(=O)O)C(=O)O)C(=O)O. The summed E-state index contributed by atoms with van der Waals surface area (Å²) >= 11 is 0. The number of ketones is 3. The molecule has 0 rings (SSSR count). The molecule has 21 heteroatoms. The lowest BCUT2D eigenvalue weighted by atomic mass is 9.94. The second-order valence-corrected chi connectivity index (χ2v) is 18.1. The first-order chi connectivity index (χ1) is 33.9. The lowest BCUT2D eigenvalue weighted by Crippen LogP contribution is -2.44. The minimum atomic E-state index is -1.54. The van der Waals surface area contributed by atoms with Crippen molar-refractivity contribution in [1.82, 2.24) is 16.0 Å². The number of unbranched alkanes of at least 4 members (excludes halogenated alkanes) is 13. The zero-order valence-electron chi connectivity index (χ0n) is 42.4. The number of carbonyl (C=O) groups is 10. The average Bonchev–Trinajstić information content (AvgIpc) is 3.31. The quantitative estimate of drug-likeness (QED) is 0.0385. The summed E-state index contributed by atoms with van der Waals surface area (Å²) in [4.78, 5) is 120. The minimum Gasteiger partial charge on any atom is -0.481 e. The molecule has 0 aliphatic carbocycles. The summed E-state index contributed by atoms with van der Waals surface area (Å²) in [5, 5.41) is 44.6. The maximum absolute atomic E-state index is 12.6. The highest BCUT2D eigenvalue weighted by molar-refractivity contribution is 5.87. The molecule has 0 heterocycles. The van der Waals surface area contributed by atoms with Crippen molar-refractivity contribution in [3.63, 3.8) is 0 Å². The molecule has 0 aromatic carbocycles. The third kappa shape index (κ3) is 41.5. The van der Waals surface area contributed by atoms with E-state index in [9.17, 15) is 63.3 Å². The Balaban J connectivity index is 4.23. The van der Waals surface area contributed by atoms with Crippen LogP contribution >= 0.6 is 0 Å². The highest BCUT2D eigenvalue weighted by Gasteiger charge is 2.26. The zero-order valence-corrected chi connectivity index (χ0v) is 42.4. The summed E-state index contributed by atoms with van der Waals surface area (Å²) in [6.07, 6.45) is 13.5. The Bertz CT molecular complexity index is 1570. The zero-order chi connectivity index (χ0) is 53.1. The third-order valence-electron chi connectivity index (χ3n) is 11.4. The number of nitrogens with one attached hydrogen (secondary N) is 3. The number of hydrogen-bond donors (Lipinski definition) is 7. The predicted molar refractivity (Wildman–Crippen MR) is 259 cm³/mol. The molecule has 0 aromatic rings. The van der Waals surface area contributed by atoms with E-state index < -0.39 is 72.4 Å². The van der Waals surface area contributed by atoms with Crippen molar-refractivity contribution in [2.45, 2.75) is 186 Å². The molecule has 0 radical (unpaired) electrons. The van der Waals surface area contributed by atoms with Crippen LogP contribution in [0.25, 0.3) is 0 Å². The van der Waals surface area contributed by atoms with Crippen LogP contribution in [0.5, 0.6) is 0 Å². The summed E-state index contributed by atoms with van der Waals surface area (Å²) in [6.45, 7) is 5.07. The molecule has 0 saturated carbocycles. The monoisotopic (exact) mass is 1020 g/mol. The van der Waals surface area contributed by atoms with Crippen molar-refractivity contribution in [3.05, 3.63) is 0 Å². The van der Waals surface area contributed by atoms with E-state index in [1.807, 2.05) is 0 Å². The minimum absolute atomic E-state index is 0.0215. The average molecular weight is 1020 g/mol. The second-order valence-electron chi connectivity index (χ2n) is 18.1. The van der Waals surface area contributed by atoms with Gasteiger partial charge in [-0.25, -0.2) is 9.59 Å². The van der Waals surface area contributed by atoms with Crippen LogP contribution in [0.4, 0.5) is 0 Å². The normalized spacial score (nSPS) is 12.4. The Kier molecular flexibility index (Phi) is 40.9. The molecule has 71 heavy (non-hydrogen) atoms. The topological polar surface area (TPSA) is 325 Å². The molecule has 3 amide bonds. The van der Waals surface area contributed by atoms with Gasteiger partial charge in [-0.3, -0.25) is 38.4 Å². The van der Waals surface area contributed by atoms with Crippen molar-refractivity contribution in [1.29, 1.82) is 0 Å². The Morgan fingerprint density at radius 3 is 1.31 bits per heavy atom. The smallest absolute Gasteiger partial charge is 0.326 e. The first kappa shape index (κ1) is 66.1. The summed E-state index contributed by atoms with van der Waals surface area (Å²) in [5.74, 6) is -8.50. The number of carbonyl (C=O) groups excluding carboxylic acids is 6. The molecule has 0 fully saturated rings. The largest absolute Gasteiger partial charge is 0.481 e. The van der Waals surface area contributed by atoms with Gasteiger partial charge in [0.1, 0.15) is 31.1 Å². The molecule has 0 saturated heterocycles. The first-order valence-electron chi connectivity index (χ1n) is 25.6. The lowest BCUT2D eigenvalue weighted by molar-refractivity contribution is -0.145. The molecule has 0 unspecified atom stereocenters. The standard InChI is InChI=1S/C50H85N3O18/c1-37(2)43(56)36-71-33-30-68-28-17-19-40(55)35-70-32-31-69-29-27-51-44(57)25-22-41(49(64)65)53-46(59)26-23-42(50(66)67)52-45(58)24-21-38(48(62)63)34-39(54)18-15-13-11-9-7-5-3-4-6-8-10-12-14-16-20-47(60)61/h37-38,41-42H,3-36H2,1-2H3,(H,51,57)(H,52,58)(H,53,59)(H,60,61)(H,62,63)(H,64,65)(H,66,67)/t38-,41+,42+/m1/s1. The number of carboxylic acid groups (broad SMARTS) is 4. The van der Waals surface area contributed by atoms with Crippen LogP contribution in [0.2, 0.25) is 0 Å². The number of carboxylic acids is 4. The summed E-state index contributed by atoms with van der Waals surface area (Å²) in [5.41, 5.74) is 0. The van der Waals surface area contributed by atoms with Crippen molar-refractivity contribution in [3.8, 4) is 0 Å². The van der Waals surface area contributed by atoms with Gasteiger partial charge in [-0.2, -0.15) is 0 Å². The van der Waals surface area contributed by atoms with Gasteiger partial charge in [0.2, 0.25) is 17.7 Å². The van der Waals surface area contributed by atoms with Crippen molar-refractivity contribution in [2.75, 3.05) is 59.4 Å². The maximum atomic E-state index is 12.6. The molecule has 7 N–H and O–H groups in total. The van der Waals surface area contributed by atoms with Crippen LogP contribution in [0, 0.1) is 11.8 Å². The molecule has 0 spiro atoms. The number of aliphatic carboxylic acids is 4. The fourth-order valence-corrected chi connectivity index (χ4v) is 7.07. The number of ether oxygens (including phenoxy) is 4. The number of rotatable bonds is 51. The molecule has 0 aliphatic rings. The van der Waals surface area contributed by atoms with E-state index in [0.29, 0.717) is 32.7 Å². The van der Waals surface area contributed by atoms with E-state index in [2.05, 4.69) is 16.0 Å². The molecule has 3 atom stereocenters. The Labute approximate surface area is 419 Å². The molecule has 21 nitrogen and oxygen atoms in total. The highest BCUT2D eigenvalue weighted by atomic mass is 16.5. The van der Waals surface area contributed by atoms with Gasteiger partial charge in [-0.15, -0.1) is 0 Å². The molecule has 0 aromatic heterocycles. The Hall–Kier alpha value is -4.86. The van der Waals surface area contributed by atoms with Crippen LogP contribution < -0.4 is 16.0 Å². The molecule has 0 bridgehead atoms. The van der Waals surface area contributed by atoms with Gasteiger partial charge in [0.15, 0.2) is 11.6 Å². The number of hydrogen-bond acceptors (Lipinski definition) is 14. The van der Waals surface area contributed by atoms with Crippen molar-refractivity contribution in [2.24, 2.45) is 11.8 Å². The van der Waals surface area contributed by atoms with Gasteiger partial charge >= 0.3 is 23.9 Å². The van der Waals surface area contributed by atoms with E-state index in [4.69, 9.17) is 24.1 Å². The van der Waals surface area contributed by atoms with Gasteiger partial charge < -0.3 is 55.3 Å². The van der Waals surface area contributed by atoms with Gasteiger partial charge in [0.25, 0.3) is 0 Å². The maximum Gasteiger partial charge on any atom is 0.326 e. The van der Waals surface area contributed by atoms with E-state index in [1.165, 1.54) is 25.7 Å². The van der Waals surface area contributed by atoms with E-state index in [1.54, 1.807) is 13.8 Å². The van der Waals surface area contributed by atoms with Crippen LogP contribution in [0.15, 0.2) is 0 Å². The number of Topliss-reactive ketones (excluding diaryl/α,β-unsaturated/α-hetero) is 3. The number of amides is 3. The predicted octanol–water partition coefficient (Wildman–Crippen LogP) is 5.21. The molecular weight excluding hydrogens is 931 g/mol.